The van der Waals surface area contributed by atoms with Gasteiger partial charge in [0.15, 0.2) is 22.9 Å². The highest BCUT2D eigenvalue weighted by atomic mass is 35.5. The Morgan fingerprint density at radius 1 is 1.19 bits per heavy atom. The molecule has 0 bridgehead atoms. The van der Waals surface area contributed by atoms with Gasteiger partial charge in [0, 0.05) is 29.2 Å². The molecule has 11 heteroatoms. The Morgan fingerprint density at radius 2 is 1.81 bits per heavy atom. The number of hydrogen-bond donors (Lipinski definition) is 1. The third-order valence-electron chi connectivity index (χ3n) is 6.01. The number of H-pyrrole nitrogens is 1. The molecule has 1 aliphatic heterocycles. The molecule has 1 saturated heterocycles. The number of hydrogen-bond acceptors (Lipinski definition) is 4. The lowest BCUT2D eigenvalue weighted by molar-refractivity contribution is -0.275. The zero-order valence-corrected chi connectivity index (χ0v) is 18.3. The Kier molecular flexibility index (Phi) is 6.50. The molecule has 0 radical (unpaired) electrons. The number of rotatable bonds is 5. The van der Waals surface area contributed by atoms with E-state index in [1.54, 1.807) is 0 Å². The van der Waals surface area contributed by atoms with Gasteiger partial charge in [-0.3, -0.25) is 4.79 Å². The van der Waals surface area contributed by atoms with Crippen LogP contribution in [0.25, 0.3) is 0 Å². The van der Waals surface area contributed by atoms with Crippen LogP contribution in [0.4, 0.5) is 22.0 Å². The lowest BCUT2D eigenvalue weighted by Crippen LogP contribution is -2.46. The number of pyridine rings is 1. The van der Waals surface area contributed by atoms with Gasteiger partial charge in [-0.1, -0.05) is 13.0 Å². The van der Waals surface area contributed by atoms with E-state index in [1.807, 2.05) is 0 Å². The number of ether oxygens (including phenoxy) is 3. The average Bonchev–Trinajstić information content (AvgIpc) is 3.01. The normalized spacial score (nSPS) is 25.8. The van der Waals surface area contributed by atoms with E-state index in [1.165, 1.54) is 14.0 Å². The predicted molar refractivity (Wildman–Crippen MR) is 106 cm³/mol. The van der Waals surface area contributed by atoms with Gasteiger partial charge in [-0.05, 0) is 13.0 Å². The average molecular weight is 482 g/mol. The van der Waals surface area contributed by atoms with Gasteiger partial charge < -0.3 is 19.2 Å². The number of nitrogens with one attached hydrogen (secondary N) is 1. The SMILES string of the molecule is COc1c([C@H]2[C@H](c3[nH]c(CCl)cc(=O)c3OC)O[C@@](C)(C(F)(F)F)[C@H]2C)ccc(F)c1F. The van der Waals surface area contributed by atoms with Crippen LogP contribution in [0.3, 0.4) is 0 Å². The van der Waals surface area contributed by atoms with Gasteiger partial charge in [-0.15, -0.1) is 11.6 Å². The summed E-state index contributed by atoms with van der Waals surface area (Å²) >= 11 is 5.83. The van der Waals surface area contributed by atoms with E-state index in [9.17, 15) is 26.7 Å². The second-order valence-corrected chi connectivity index (χ2v) is 7.95. The van der Waals surface area contributed by atoms with Crippen molar-refractivity contribution in [3.05, 3.63) is 57.0 Å². The number of halogens is 6. The molecule has 4 atom stereocenters. The maximum atomic E-state index is 14.5. The van der Waals surface area contributed by atoms with E-state index >= 15 is 0 Å². The summed E-state index contributed by atoms with van der Waals surface area (Å²) in [6.07, 6.45) is -6.26. The quantitative estimate of drug-likeness (QED) is 0.470. The number of methoxy groups -OCH3 is 2. The monoisotopic (exact) mass is 481 g/mol. The number of aromatic nitrogens is 1. The minimum absolute atomic E-state index is 0.0453. The van der Waals surface area contributed by atoms with Gasteiger partial charge in [0.2, 0.25) is 11.2 Å². The summed E-state index contributed by atoms with van der Waals surface area (Å²) in [6, 6.07) is 3.10. The van der Waals surface area contributed by atoms with Crippen LogP contribution in [0.2, 0.25) is 0 Å². The standard InChI is InChI=1S/C21H21ClF5NO4/c1-9-14(11-5-6-12(23)15(24)17(11)30-3)19(32-20(9,2)21(25,26)27)16-18(31-4)13(29)7-10(8-22)28-16/h5-7,9,14,19H,8H2,1-4H3,(H,28,29)/t9-,14-,19+,20+/m0/s1. The molecule has 0 saturated carbocycles. The number of alkyl halides is 4. The largest absolute Gasteiger partial charge is 0.493 e. The van der Waals surface area contributed by atoms with Crippen molar-refractivity contribution < 1.29 is 36.2 Å². The Morgan fingerprint density at radius 3 is 2.34 bits per heavy atom. The minimum Gasteiger partial charge on any atom is -0.493 e. The molecule has 1 N–H and O–H groups in total. The maximum Gasteiger partial charge on any atom is 0.417 e. The molecule has 1 aromatic carbocycles. The van der Waals surface area contributed by atoms with Gasteiger partial charge in [-0.2, -0.15) is 17.6 Å². The van der Waals surface area contributed by atoms with Crippen LogP contribution in [-0.4, -0.2) is 31.0 Å². The van der Waals surface area contributed by atoms with Crippen LogP contribution in [0, 0.1) is 17.6 Å². The molecular formula is C21H21ClF5NO4. The lowest BCUT2D eigenvalue weighted by atomic mass is 9.76. The first-order valence-electron chi connectivity index (χ1n) is 9.53. The third kappa shape index (κ3) is 3.73. The van der Waals surface area contributed by atoms with Crippen LogP contribution in [0.15, 0.2) is 23.0 Å². The molecule has 2 heterocycles. The molecule has 0 amide bonds. The summed E-state index contributed by atoms with van der Waals surface area (Å²) < 4.78 is 86.3. The summed E-state index contributed by atoms with van der Waals surface area (Å²) in [6.45, 7) is 2.15. The zero-order chi connectivity index (χ0) is 24.0. The van der Waals surface area contributed by atoms with Gasteiger partial charge in [0.1, 0.15) is 6.10 Å². The van der Waals surface area contributed by atoms with Crippen molar-refractivity contribution in [2.24, 2.45) is 5.92 Å². The van der Waals surface area contributed by atoms with Crippen molar-refractivity contribution >= 4 is 11.6 Å². The maximum absolute atomic E-state index is 14.5. The molecule has 176 valence electrons. The molecule has 1 fully saturated rings. The lowest BCUT2D eigenvalue weighted by Gasteiger charge is -2.32. The number of benzene rings is 1. The van der Waals surface area contributed by atoms with Crippen LogP contribution < -0.4 is 14.9 Å². The predicted octanol–water partition coefficient (Wildman–Crippen LogP) is 5.22. The van der Waals surface area contributed by atoms with Crippen LogP contribution in [-0.2, 0) is 10.6 Å². The molecule has 1 aromatic heterocycles. The second-order valence-electron chi connectivity index (χ2n) is 7.68. The van der Waals surface area contributed by atoms with Gasteiger partial charge >= 0.3 is 6.18 Å². The van der Waals surface area contributed by atoms with Gasteiger partial charge in [-0.25, -0.2) is 4.39 Å². The van der Waals surface area contributed by atoms with Crippen molar-refractivity contribution in [3.63, 3.8) is 0 Å². The summed E-state index contributed by atoms with van der Waals surface area (Å²) in [5.74, 6) is -6.00. The summed E-state index contributed by atoms with van der Waals surface area (Å²) in [4.78, 5) is 15.3. The fraction of sp³-hybridized carbons (Fsp3) is 0.476. The number of aromatic amines is 1. The summed E-state index contributed by atoms with van der Waals surface area (Å²) in [7, 11) is 2.26. The first kappa shape index (κ1) is 24.3. The van der Waals surface area contributed by atoms with Gasteiger partial charge in [0.25, 0.3) is 0 Å². The minimum atomic E-state index is -4.82. The molecular weight excluding hydrogens is 461 g/mol. The van der Waals surface area contributed by atoms with Gasteiger partial charge in [0.05, 0.1) is 25.8 Å². The Balaban J connectivity index is 2.33. The highest BCUT2D eigenvalue weighted by molar-refractivity contribution is 6.16. The molecule has 32 heavy (non-hydrogen) atoms. The fourth-order valence-corrected chi connectivity index (χ4v) is 4.31. The summed E-state index contributed by atoms with van der Waals surface area (Å²) in [5, 5.41) is 0. The van der Waals surface area contributed by atoms with E-state index in [-0.39, 0.29) is 28.6 Å². The van der Waals surface area contributed by atoms with Crippen molar-refractivity contribution in [2.45, 2.75) is 43.5 Å². The molecule has 2 aromatic rings. The van der Waals surface area contributed by atoms with Crippen LogP contribution in [0.1, 0.15) is 42.8 Å². The first-order chi connectivity index (χ1) is 14.9. The van der Waals surface area contributed by atoms with E-state index in [0.29, 0.717) is 0 Å². The molecule has 3 rings (SSSR count). The van der Waals surface area contributed by atoms with Crippen LogP contribution in [0.5, 0.6) is 11.5 Å². The highest BCUT2D eigenvalue weighted by Gasteiger charge is 2.65. The van der Waals surface area contributed by atoms with E-state index < -0.39 is 52.5 Å². The Bertz CT molecular complexity index is 1070. The third-order valence-corrected chi connectivity index (χ3v) is 6.30. The van der Waals surface area contributed by atoms with Crippen molar-refractivity contribution in [3.8, 4) is 11.5 Å². The molecule has 0 spiro atoms. The van der Waals surface area contributed by atoms with Crippen LogP contribution >= 0.6 is 11.6 Å². The van der Waals surface area contributed by atoms with E-state index in [0.717, 1.165) is 32.2 Å². The zero-order valence-electron chi connectivity index (χ0n) is 17.6. The van der Waals surface area contributed by atoms with E-state index in [2.05, 4.69) is 4.98 Å². The molecule has 5 nitrogen and oxygen atoms in total. The van der Waals surface area contributed by atoms with Crippen molar-refractivity contribution in [1.82, 2.24) is 4.98 Å². The van der Waals surface area contributed by atoms with Crippen molar-refractivity contribution in [2.75, 3.05) is 14.2 Å². The first-order valence-corrected chi connectivity index (χ1v) is 10.1. The fourth-order valence-electron chi connectivity index (χ4n) is 4.17. The summed E-state index contributed by atoms with van der Waals surface area (Å²) in [5.41, 5.74) is -3.22. The smallest absolute Gasteiger partial charge is 0.417 e. The Hall–Kier alpha value is -2.33. The van der Waals surface area contributed by atoms with E-state index in [4.69, 9.17) is 25.8 Å². The molecule has 0 aliphatic carbocycles. The molecule has 1 aliphatic rings. The highest BCUT2D eigenvalue weighted by Crippen LogP contribution is 2.60. The molecule has 0 unspecified atom stereocenters. The van der Waals surface area contributed by atoms with Crippen molar-refractivity contribution in [1.29, 1.82) is 0 Å². The Labute approximate surface area is 185 Å². The topological polar surface area (TPSA) is 60.6 Å². The second kappa shape index (κ2) is 8.55.